The summed E-state index contributed by atoms with van der Waals surface area (Å²) >= 11 is 4.91. The number of amides is 1. The van der Waals surface area contributed by atoms with Gasteiger partial charge in [-0.2, -0.15) is 0 Å². The van der Waals surface area contributed by atoms with Gasteiger partial charge in [0.2, 0.25) is 0 Å². The monoisotopic (exact) mass is 234 g/mol. The highest BCUT2D eigenvalue weighted by Gasteiger charge is 2.32. The lowest BCUT2D eigenvalue weighted by molar-refractivity contribution is 0.00720. The van der Waals surface area contributed by atoms with E-state index in [0.717, 1.165) is 0 Å². The van der Waals surface area contributed by atoms with Crippen LogP contribution in [0, 0.1) is 5.92 Å². The number of halogens is 1. The number of likely N-dealkylation sites (tertiary alicyclic amines) is 1. The maximum Gasteiger partial charge on any atom is 0.410 e. The lowest BCUT2D eigenvalue weighted by Crippen LogP contribution is -2.52. The van der Waals surface area contributed by atoms with Crippen molar-refractivity contribution in [2.45, 2.75) is 26.4 Å². The summed E-state index contributed by atoms with van der Waals surface area (Å²) in [6.45, 7) is 6.71. The predicted octanol–water partition coefficient (Wildman–Crippen LogP) is 2.01. The van der Waals surface area contributed by atoms with Crippen molar-refractivity contribution in [2.24, 2.45) is 11.1 Å². The number of rotatable bonds is 2. The highest BCUT2D eigenvalue weighted by atomic mass is 35.5. The molecule has 0 aliphatic carbocycles. The van der Waals surface area contributed by atoms with Gasteiger partial charge in [0.15, 0.2) is 11.9 Å². The van der Waals surface area contributed by atoms with Crippen LogP contribution < -0.4 is 0 Å². The number of ether oxygens (including phenoxy) is 1. The second kappa shape index (κ2) is 4.70. The van der Waals surface area contributed by atoms with Crippen LogP contribution in [0.25, 0.3) is 0 Å². The molecule has 0 aromatic rings. The molecular formula is C9H15ClN2O3. The van der Waals surface area contributed by atoms with Crippen LogP contribution in [0.5, 0.6) is 0 Å². The third-order valence-electron chi connectivity index (χ3n) is 1.87. The van der Waals surface area contributed by atoms with Crippen LogP contribution >= 0.6 is 11.9 Å². The van der Waals surface area contributed by atoms with Gasteiger partial charge in [-0.1, -0.05) is 5.16 Å². The first-order valence-electron chi connectivity index (χ1n) is 4.71. The van der Waals surface area contributed by atoms with Gasteiger partial charge in [-0.15, -0.1) is 0 Å². The summed E-state index contributed by atoms with van der Waals surface area (Å²) in [4.78, 5) is 13.1. The Morgan fingerprint density at radius 1 is 1.53 bits per heavy atom. The molecule has 0 aromatic carbocycles. The molecule has 0 aromatic heterocycles. The molecule has 1 heterocycles. The van der Waals surface area contributed by atoms with E-state index in [4.69, 9.17) is 16.6 Å². The van der Waals surface area contributed by atoms with Gasteiger partial charge in [-0.25, -0.2) is 4.79 Å². The standard InChI is InChI=1S/C9H15ClN2O3/c1-9(2,3)14-8(13)12-5-7(6-12)4-11-15-10/h4,7H,5-6H2,1-3H3/b11-4+. The first-order chi connectivity index (χ1) is 6.92. The predicted molar refractivity (Wildman–Crippen MR) is 56.7 cm³/mol. The van der Waals surface area contributed by atoms with Crippen LogP contribution in [0.15, 0.2) is 5.16 Å². The second-order valence-electron chi connectivity index (χ2n) is 4.47. The van der Waals surface area contributed by atoms with E-state index in [1.54, 1.807) is 11.1 Å². The SMILES string of the molecule is CC(C)(C)OC(=O)N1CC(/C=N/OCl)C1. The smallest absolute Gasteiger partial charge is 0.410 e. The zero-order valence-electron chi connectivity index (χ0n) is 9.07. The van der Waals surface area contributed by atoms with Gasteiger partial charge in [0.25, 0.3) is 0 Å². The van der Waals surface area contributed by atoms with Gasteiger partial charge < -0.3 is 9.64 Å². The van der Waals surface area contributed by atoms with Gasteiger partial charge >= 0.3 is 6.09 Å². The third kappa shape index (κ3) is 3.95. The summed E-state index contributed by atoms with van der Waals surface area (Å²) in [6, 6.07) is 0. The molecule has 1 fully saturated rings. The van der Waals surface area contributed by atoms with E-state index >= 15 is 0 Å². The molecule has 15 heavy (non-hydrogen) atoms. The van der Waals surface area contributed by atoms with E-state index in [2.05, 4.69) is 9.55 Å². The van der Waals surface area contributed by atoms with Crippen molar-refractivity contribution in [1.82, 2.24) is 4.90 Å². The van der Waals surface area contributed by atoms with Crippen molar-refractivity contribution in [3.8, 4) is 0 Å². The molecule has 0 N–H and O–H groups in total. The first-order valence-corrected chi connectivity index (χ1v) is 5.02. The zero-order valence-corrected chi connectivity index (χ0v) is 9.82. The summed E-state index contributed by atoms with van der Waals surface area (Å²) in [5.41, 5.74) is -0.449. The molecule has 1 aliphatic rings. The molecule has 0 atom stereocenters. The van der Waals surface area contributed by atoms with Crippen LogP contribution in [0.3, 0.4) is 0 Å². The number of carbonyl (C=O) groups is 1. The molecule has 0 unspecified atom stereocenters. The normalized spacial score (nSPS) is 17.7. The molecule has 0 radical (unpaired) electrons. The maximum absolute atomic E-state index is 11.5. The van der Waals surface area contributed by atoms with Gasteiger partial charge in [0, 0.05) is 19.0 Å². The topological polar surface area (TPSA) is 51.1 Å². The van der Waals surface area contributed by atoms with E-state index in [9.17, 15) is 4.79 Å². The van der Waals surface area contributed by atoms with Crippen molar-refractivity contribution in [3.63, 3.8) is 0 Å². The highest BCUT2D eigenvalue weighted by Crippen LogP contribution is 2.18. The van der Waals surface area contributed by atoms with Crippen LogP contribution in [-0.2, 0) is 9.13 Å². The van der Waals surface area contributed by atoms with E-state index in [1.165, 1.54) is 0 Å². The van der Waals surface area contributed by atoms with Crippen LogP contribution in [0.1, 0.15) is 20.8 Å². The Labute approximate surface area is 94.1 Å². The molecule has 6 heteroatoms. The van der Waals surface area contributed by atoms with E-state index in [0.29, 0.717) is 13.1 Å². The average molecular weight is 235 g/mol. The Bertz CT molecular complexity index is 257. The van der Waals surface area contributed by atoms with Crippen molar-refractivity contribution in [3.05, 3.63) is 0 Å². The number of nitrogens with zero attached hydrogens (tertiary/aromatic N) is 2. The van der Waals surface area contributed by atoms with Gasteiger partial charge in [-0.05, 0) is 20.8 Å². The summed E-state index contributed by atoms with van der Waals surface area (Å²) in [5.74, 6) is 0.205. The van der Waals surface area contributed by atoms with E-state index < -0.39 is 5.60 Å². The van der Waals surface area contributed by atoms with Gasteiger partial charge in [0.05, 0.1) is 6.21 Å². The Balaban J connectivity index is 2.27. The van der Waals surface area contributed by atoms with Crippen molar-refractivity contribution >= 4 is 24.2 Å². The minimum absolute atomic E-state index is 0.205. The molecule has 86 valence electrons. The summed E-state index contributed by atoms with van der Waals surface area (Å²) in [5, 5.41) is 3.42. The van der Waals surface area contributed by atoms with Gasteiger partial charge in [-0.3, -0.25) is 4.39 Å². The highest BCUT2D eigenvalue weighted by molar-refractivity contribution is 6.07. The number of hydrogen-bond donors (Lipinski definition) is 0. The minimum Gasteiger partial charge on any atom is -0.444 e. The molecule has 0 spiro atoms. The Morgan fingerprint density at radius 3 is 2.60 bits per heavy atom. The molecule has 0 bridgehead atoms. The average Bonchev–Trinajstić information content (AvgIpc) is 1.98. The fourth-order valence-electron chi connectivity index (χ4n) is 1.19. The van der Waals surface area contributed by atoms with Crippen LogP contribution in [-0.4, -0.2) is 35.9 Å². The summed E-state index contributed by atoms with van der Waals surface area (Å²) in [6.07, 6.45) is 1.28. The van der Waals surface area contributed by atoms with Crippen LogP contribution in [0.2, 0.25) is 0 Å². The van der Waals surface area contributed by atoms with Gasteiger partial charge in [0.1, 0.15) is 5.60 Å². The number of carbonyl (C=O) groups excluding carboxylic acids is 1. The Hall–Kier alpha value is -0.970. The number of oxime groups is 1. The Kier molecular flexibility index (Phi) is 3.79. The van der Waals surface area contributed by atoms with E-state index in [-0.39, 0.29) is 12.0 Å². The third-order valence-corrected chi connectivity index (χ3v) is 1.95. The minimum atomic E-state index is -0.449. The second-order valence-corrected chi connectivity index (χ2v) is 4.61. The van der Waals surface area contributed by atoms with Crippen LogP contribution in [0.4, 0.5) is 4.79 Å². The summed E-state index contributed by atoms with van der Waals surface area (Å²) < 4.78 is 9.21. The van der Waals surface area contributed by atoms with E-state index in [1.807, 2.05) is 20.8 Å². The maximum atomic E-state index is 11.5. The van der Waals surface area contributed by atoms with Crippen molar-refractivity contribution in [1.29, 1.82) is 0 Å². The number of hydrogen-bond acceptors (Lipinski definition) is 4. The Morgan fingerprint density at radius 2 is 2.13 bits per heavy atom. The van der Waals surface area contributed by atoms with Crippen molar-refractivity contribution < 1.29 is 13.9 Å². The molecule has 1 amide bonds. The van der Waals surface area contributed by atoms with Crippen molar-refractivity contribution in [2.75, 3.05) is 13.1 Å². The molecule has 1 aliphatic heterocycles. The molecule has 0 saturated carbocycles. The summed E-state index contributed by atoms with van der Waals surface area (Å²) in [7, 11) is 0. The zero-order chi connectivity index (χ0) is 11.5. The largest absolute Gasteiger partial charge is 0.444 e. The lowest BCUT2D eigenvalue weighted by Gasteiger charge is -2.37. The molecule has 1 rings (SSSR count). The lowest BCUT2D eigenvalue weighted by atomic mass is 10.0. The quantitative estimate of drug-likeness (QED) is 0.543. The molecule has 5 nitrogen and oxygen atoms in total. The fourth-order valence-corrected chi connectivity index (χ4v) is 1.24. The molecular weight excluding hydrogens is 220 g/mol. The fraction of sp³-hybridized carbons (Fsp3) is 0.778. The first kappa shape index (κ1) is 12.1. The molecule has 1 saturated heterocycles.